The highest BCUT2D eigenvalue weighted by molar-refractivity contribution is 5.16. The highest BCUT2D eigenvalue weighted by Crippen LogP contribution is 2.41. The van der Waals surface area contributed by atoms with E-state index in [4.69, 9.17) is 14.9 Å². The molecule has 2 rings (SSSR count). The Balaban J connectivity index is 2.21. The molecule has 3 heteroatoms. The van der Waals surface area contributed by atoms with Crippen molar-refractivity contribution in [3.8, 4) is 0 Å². The van der Waals surface area contributed by atoms with Crippen molar-refractivity contribution in [1.29, 1.82) is 0 Å². The summed E-state index contributed by atoms with van der Waals surface area (Å²) in [6.07, 6.45) is 5.06. The van der Waals surface area contributed by atoms with Crippen molar-refractivity contribution in [2.24, 2.45) is 5.92 Å². The largest absolute Gasteiger partial charge is 0.393 e. The summed E-state index contributed by atoms with van der Waals surface area (Å²) in [4.78, 5) is 0. The summed E-state index contributed by atoms with van der Waals surface area (Å²) in [5.74, 6) is 0.211. The first-order valence-electron chi connectivity index (χ1n) is 3.88. The van der Waals surface area contributed by atoms with Crippen molar-refractivity contribution in [2.75, 3.05) is 13.2 Å². The van der Waals surface area contributed by atoms with Crippen molar-refractivity contribution >= 4 is 0 Å². The summed E-state index contributed by atoms with van der Waals surface area (Å²) >= 11 is 0. The molecule has 1 saturated heterocycles. The van der Waals surface area contributed by atoms with E-state index in [1.54, 1.807) is 0 Å². The predicted octanol–water partition coefficient (Wildman–Crippen LogP) is -0.315. The van der Waals surface area contributed by atoms with E-state index in [2.05, 4.69) is 0 Å². The first-order valence-corrected chi connectivity index (χ1v) is 3.88. The van der Waals surface area contributed by atoms with Gasteiger partial charge in [0.25, 0.3) is 0 Å². The Morgan fingerprint density at radius 3 is 2.36 bits per heavy atom. The van der Waals surface area contributed by atoms with Gasteiger partial charge in [-0.25, -0.2) is 0 Å². The summed E-state index contributed by atoms with van der Waals surface area (Å²) in [5, 5.41) is 18.0. The minimum atomic E-state index is -0.681. The van der Waals surface area contributed by atoms with E-state index < -0.39 is 5.60 Å². The molecule has 0 spiro atoms. The average molecular weight is 156 g/mol. The fourth-order valence-electron chi connectivity index (χ4n) is 1.89. The van der Waals surface area contributed by atoms with Crippen LogP contribution in [-0.2, 0) is 4.74 Å². The Morgan fingerprint density at radius 1 is 1.36 bits per heavy atom. The lowest BCUT2D eigenvalue weighted by Gasteiger charge is -2.30. The second kappa shape index (κ2) is 2.30. The molecule has 1 heterocycles. The van der Waals surface area contributed by atoms with Crippen LogP contribution in [0.1, 0.15) is 6.42 Å². The van der Waals surface area contributed by atoms with Crippen LogP contribution in [0.25, 0.3) is 0 Å². The maximum absolute atomic E-state index is 9.02. The second-order valence-corrected chi connectivity index (χ2v) is 3.26. The standard InChI is InChI=1S/C8H12O3/c9-4-8(5-10)6-1-2-7(3-6)11-8/h1-2,6-7,9-10H,3-5H2. The molecule has 0 amide bonds. The molecule has 0 aromatic carbocycles. The van der Waals surface area contributed by atoms with Gasteiger partial charge in [0.1, 0.15) is 5.60 Å². The number of ether oxygens (including phenoxy) is 1. The molecule has 2 bridgehead atoms. The average Bonchev–Trinajstić information content (AvgIpc) is 2.62. The quantitative estimate of drug-likeness (QED) is 0.539. The van der Waals surface area contributed by atoms with Crippen LogP contribution >= 0.6 is 0 Å². The molecule has 11 heavy (non-hydrogen) atoms. The third kappa shape index (κ3) is 0.851. The van der Waals surface area contributed by atoms with Crippen molar-refractivity contribution in [1.82, 2.24) is 0 Å². The van der Waals surface area contributed by atoms with Crippen LogP contribution in [0, 0.1) is 5.92 Å². The molecule has 1 aliphatic heterocycles. The summed E-state index contributed by atoms with van der Waals surface area (Å²) in [5.41, 5.74) is -0.681. The summed E-state index contributed by atoms with van der Waals surface area (Å²) in [7, 11) is 0. The zero-order chi connectivity index (χ0) is 7.90. The number of hydrogen-bond acceptors (Lipinski definition) is 3. The molecule has 1 fully saturated rings. The molecule has 2 atom stereocenters. The lowest BCUT2D eigenvalue weighted by Crippen LogP contribution is -2.44. The highest BCUT2D eigenvalue weighted by Gasteiger charge is 2.48. The molecule has 1 aliphatic carbocycles. The van der Waals surface area contributed by atoms with Gasteiger partial charge in [0.15, 0.2) is 0 Å². The van der Waals surface area contributed by atoms with Gasteiger partial charge in [-0.05, 0) is 6.42 Å². The number of fused-ring (bicyclic) bond motifs is 2. The molecular formula is C8H12O3. The van der Waals surface area contributed by atoms with Gasteiger partial charge in [-0.2, -0.15) is 0 Å². The first-order chi connectivity index (χ1) is 5.30. The van der Waals surface area contributed by atoms with Gasteiger partial charge in [-0.1, -0.05) is 12.2 Å². The summed E-state index contributed by atoms with van der Waals surface area (Å²) < 4.78 is 5.46. The Bertz CT molecular complexity index is 184. The van der Waals surface area contributed by atoms with E-state index in [1.807, 2.05) is 12.2 Å². The van der Waals surface area contributed by atoms with Gasteiger partial charge in [0.05, 0.1) is 19.3 Å². The van der Waals surface area contributed by atoms with E-state index in [-0.39, 0.29) is 25.2 Å². The normalized spacial score (nSPS) is 38.4. The zero-order valence-corrected chi connectivity index (χ0v) is 6.23. The fraction of sp³-hybridized carbons (Fsp3) is 0.750. The molecule has 2 unspecified atom stereocenters. The van der Waals surface area contributed by atoms with E-state index in [0.717, 1.165) is 6.42 Å². The molecule has 2 N–H and O–H groups in total. The molecule has 2 aliphatic rings. The molecule has 0 aromatic rings. The summed E-state index contributed by atoms with van der Waals surface area (Å²) in [6.45, 7) is -0.177. The maximum atomic E-state index is 9.02. The lowest BCUT2D eigenvalue weighted by molar-refractivity contribution is -0.107. The van der Waals surface area contributed by atoms with Crippen LogP contribution in [0.15, 0.2) is 12.2 Å². The third-order valence-corrected chi connectivity index (χ3v) is 2.64. The third-order valence-electron chi connectivity index (χ3n) is 2.64. The van der Waals surface area contributed by atoms with Crippen LogP contribution < -0.4 is 0 Å². The zero-order valence-electron chi connectivity index (χ0n) is 6.23. The van der Waals surface area contributed by atoms with E-state index in [1.165, 1.54) is 0 Å². The smallest absolute Gasteiger partial charge is 0.121 e. The van der Waals surface area contributed by atoms with E-state index in [9.17, 15) is 0 Å². The van der Waals surface area contributed by atoms with Crippen LogP contribution in [-0.4, -0.2) is 35.1 Å². The first kappa shape index (κ1) is 7.28. The van der Waals surface area contributed by atoms with Crippen LogP contribution in [0.3, 0.4) is 0 Å². The molecule has 0 radical (unpaired) electrons. The van der Waals surface area contributed by atoms with Gasteiger partial charge in [0.2, 0.25) is 0 Å². The minimum absolute atomic E-state index is 0.0883. The number of rotatable bonds is 2. The Labute approximate surface area is 65.3 Å². The van der Waals surface area contributed by atoms with E-state index >= 15 is 0 Å². The molecular weight excluding hydrogens is 144 g/mol. The number of hydrogen-bond donors (Lipinski definition) is 2. The van der Waals surface area contributed by atoms with Crippen molar-refractivity contribution < 1.29 is 14.9 Å². The number of aliphatic hydroxyl groups excluding tert-OH is 2. The highest BCUT2D eigenvalue weighted by atomic mass is 16.5. The fourth-order valence-corrected chi connectivity index (χ4v) is 1.89. The maximum Gasteiger partial charge on any atom is 0.121 e. The van der Waals surface area contributed by atoms with Gasteiger partial charge >= 0.3 is 0 Å². The summed E-state index contributed by atoms with van der Waals surface area (Å²) in [6, 6.07) is 0. The van der Waals surface area contributed by atoms with Crippen LogP contribution in [0.2, 0.25) is 0 Å². The van der Waals surface area contributed by atoms with Crippen LogP contribution in [0.5, 0.6) is 0 Å². The van der Waals surface area contributed by atoms with Crippen molar-refractivity contribution in [2.45, 2.75) is 18.1 Å². The van der Waals surface area contributed by atoms with Gasteiger partial charge in [0, 0.05) is 5.92 Å². The molecule has 3 nitrogen and oxygen atoms in total. The van der Waals surface area contributed by atoms with Crippen molar-refractivity contribution in [3.63, 3.8) is 0 Å². The Hall–Kier alpha value is -0.380. The monoisotopic (exact) mass is 156 g/mol. The Morgan fingerprint density at radius 2 is 2.09 bits per heavy atom. The SMILES string of the molecule is OCC1(CO)OC2C=CC1C2. The van der Waals surface area contributed by atoms with Crippen LogP contribution in [0.4, 0.5) is 0 Å². The lowest BCUT2D eigenvalue weighted by atomic mass is 9.90. The second-order valence-electron chi connectivity index (χ2n) is 3.26. The van der Waals surface area contributed by atoms with Gasteiger partial charge in [-0.15, -0.1) is 0 Å². The minimum Gasteiger partial charge on any atom is -0.393 e. The van der Waals surface area contributed by atoms with Crippen molar-refractivity contribution in [3.05, 3.63) is 12.2 Å². The molecule has 0 saturated carbocycles. The van der Waals surface area contributed by atoms with Gasteiger partial charge < -0.3 is 14.9 Å². The molecule has 62 valence electrons. The number of aliphatic hydroxyl groups is 2. The predicted molar refractivity (Wildman–Crippen MR) is 39.0 cm³/mol. The molecule has 0 aromatic heterocycles. The topological polar surface area (TPSA) is 49.7 Å². The van der Waals surface area contributed by atoms with Gasteiger partial charge in [-0.3, -0.25) is 0 Å². The Kier molecular flexibility index (Phi) is 1.52. The van der Waals surface area contributed by atoms with E-state index in [0.29, 0.717) is 0 Å².